The first-order chi connectivity index (χ1) is 12.3. The second kappa shape index (κ2) is 8.87. The lowest BCUT2D eigenvalue weighted by Gasteiger charge is -2.08. The first-order valence-electron chi connectivity index (χ1n) is 7.59. The topological polar surface area (TPSA) is 108 Å². The highest BCUT2D eigenvalue weighted by Gasteiger charge is 2.11. The van der Waals surface area contributed by atoms with Gasteiger partial charge in [-0.25, -0.2) is 4.79 Å². The number of carbonyl (C=O) groups excluding carboxylic acids is 3. The van der Waals surface area contributed by atoms with Crippen LogP contribution in [0.4, 0.5) is 5.69 Å². The first kappa shape index (κ1) is 19.3. The highest BCUT2D eigenvalue weighted by Crippen LogP contribution is 2.20. The summed E-state index contributed by atoms with van der Waals surface area (Å²) in [4.78, 5) is 34.4. The number of hydrogen-bond donors (Lipinski definition) is 2. The Morgan fingerprint density at radius 3 is 2.38 bits per heavy atom. The normalized spacial score (nSPS) is 10.1. The summed E-state index contributed by atoms with van der Waals surface area (Å²) in [6.07, 6.45) is 0. The summed E-state index contributed by atoms with van der Waals surface area (Å²) in [5, 5.41) is 3.12. The Balaban J connectivity index is 1.84. The highest BCUT2D eigenvalue weighted by atomic mass is 35.5. The van der Waals surface area contributed by atoms with Crippen molar-refractivity contribution >= 4 is 35.1 Å². The molecule has 2 aromatic carbocycles. The van der Waals surface area contributed by atoms with E-state index < -0.39 is 24.4 Å². The van der Waals surface area contributed by atoms with Crippen molar-refractivity contribution in [3.05, 3.63) is 58.6 Å². The van der Waals surface area contributed by atoms with Crippen LogP contribution in [-0.4, -0.2) is 31.0 Å². The average molecular weight is 377 g/mol. The van der Waals surface area contributed by atoms with Gasteiger partial charge < -0.3 is 20.5 Å². The minimum absolute atomic E-state index is 0.239. The number of anilines is 1. The highest BCUT2D eigenvalue weighted by molar-refractivity contribution is 6.31. The Kier molecular flexibility index (Phi) is 6.57. The Morgan fingerprint density at radius 2 is 1.77 bits per heavy atom. The monoisotopic (exact) mass is 376 g/mol. The maximum Gasteiger partial charge on any atom is 0.338 e. The number of benzene rings is 2. The van der Waals surface area contributed by atoms with Gasteiger partial charge in [-0.3, -0.25) is 9.59 Å². The third-order valence-electron chi connectivity index (χ3n) is 3.26. The molecule has 26 heavy (non-hydrogen) atoms. The van der Waals surface area contributed by atoms with E-state index in [0.717, 1.165) is 5.56 Å². The van der Waals surface area contributed by atoms with E-state index in [2.05, 4.69) is 5.32 Å². The molecule has 0 spiro atoms. The van der Waals surface area contributed by atoms with Gasteiger partial charge in [-0.1, -0.05) is 17.7 Å². The van der Waals surface area contributed by atoms with E-state index in [1.54, 1.807) is 18.2 Å². The van der Waals surface area contributed by atoms with Crippen LogP contribution < -0.4 is 15.8 Å². The fourth-order valence-electron chi connectivity index (χ4n) is 1.92. The van der Waals surface area contributed by atoms with Crippen LogP contribution >= 0.6 is 11.6 Å². The van der Waals surface area contributed by atoms with E-state index in [4.69, 9.17) is 26.8 Å². The molecule has 7 nitrogen and oxygen atoms in total. The quantitative estimate of drug-likeness (QED) is 0.721. The molecule has 0 saturated carbocycles. The number of aryl methyl sites for hydroxylation is 1. The predicted octanol–water partition coefficient (Wildman–Crippen LogP) is 2.31. The second-order valence-corrected chi connectivity index (χ2v) is 5.77. The number of nitrogens with two attached hydrogens (primary N) is 1. The maximum absolute atomic E-state index is 11.9. The molecule has 0 bridgehead atoms. The summed E-state index contributed by atoms with van der Waals surface area (Å²) in [6.45, 7) is 1.15. The summed E-state index contributed by atoms with van der Waals surface area (Å²) >= 11 is 5.98. The van der Waals surface area contributed by atoms with Gasteiger partial charge in [0, 0.05) is 10.7 Å². The Hall–Kier alpha value is -3.06. The fraction of sp³-hybridized carbons (Fsp3) is 0.167. The molecule has 0 heterocycles. The van der Waals surface area contributed by atoms with E-state index in [9.17, 15) is 14.4 Å². The Bertz CT molecular complexity index is 821. The number of halogens is 1. The van der Waals surface area contributed by atoms with E-state index >= 15 is 0 Å². The summed E-state index contributed by atoms with van der Waals surface area (Å²) < 4.78 is 10.0. The molecule has 136 valence electrons. The summed E-state index contributed by atoms with van der Waals surface area (Å²) in [5.74, 6) is -1.37. The summed E-state index contributed by atoms with van der Waals surface area (Å²) in [5.41, 5.74) is 6.61. The molecule has 0 aromatic heterocycles. The van der Waals surface area contributed by atoms with Crippen LogP contribution in [0.3, 0.4) is 0 Å². The van der Waals surface area contributed by atoms with Gasteiger partial charge in [0.2, 0.25) is 0 Å². The van der Waals surface area contributed by atoms with Gasteiger partial charge in [-0.2, -0.15) is 0 Å². The molecule has 0 saturated heterocycles. The standard InChI is InChI=1S/C18H17ClN2O5/c1-11-2-5-13(8-15(11)19)21-17(23)10-26-18(24)12-3-6-14(7-4-12)25-9-16(20)22/h2-8H,9-10H2,1H3,(H2,20,22)(H,21,23). The maximum atomic E-state index is 11.9. The zero-order valence-electron chi connectivity index (χ0n) is 14.0. The van der Waals surface area contributed by atoms with Gasteiger partial charge in [-0.15, -0.1) is 0 Å². The lowest BCUT2D eigenvalue weighted by Crippen LogP contribution is -2.21. The van der Waals surface area contributed by atoms with Gasteiger partial charge in [0.05, 0.1) is 5.56 Å². The molecule has 0 aliphatic heterocycles. The summed E-state index contributed by atoms with van der Waals surface area (Å²) in [6, 6.07) is 11.0. The van der Waals surface area contributed by atoms with Gasteiger partial charge >= 0.3 is 5.97 Å². The lowest BCUT2D eigenvalue weighted by atomic mass is 10.2. The molecule has 0 atom stereocenters. The van der Waals surface area contributed by atoms with Crippen molar-refractivity contribution in [3.8, 4) is 5.75 Å². The molecule has 8 heteroatoms. The van der Waals surface area contributed by atoms with Gasteiger partial charge in [0.15, 0.2) is 13.2 Å². The van der Waals surface area contributed by atoms with Crippen molar-refractivity contribution in [1.82, 2.24) is 0 Å². The van der Waals surface area contributed by atoms with Crippen molar-refractivity contribution in [2.45, 2.75) is 6.92 Å². The van der Waals surface area contributed by atoms with Crippen molar-refractivity contribution in [2.24, 2.45) is 5.73 Å². The Labute approximate surface area is 155 Å². The van der Waals surface area contributed by atoms with Crippen LogP contribution in [0.5, 0.6) is 5.75 Å². The zero-order chi connectivity index (χ0) is 19.1. The lowest BCUT2D eigenvalue weighted by molar-refractivity contribution is -0.120. The van der Waals surface area contributed by atoms with Gasteiger partial charge in [-0.05, 0) is 48.9 Å². The molecule has 0 unspecified atom stereocenters. The largest absolute Gasteiger partial charge is 0.484 e. The molecule has 0 radical (unpaired) electrons. The predicted molar refractivity (Wildman–Crippen MR) is 96.2 cm³/mol. The van der Waals surface area contributed by atoms with E-state index in [1.165, 1.54) is 24.3 Å². The number of primary amides is 1. The second-order valence-electron chi connectivity index (χ2n) is 5.37. The van der Waals surface area contributed by atoms with Crippen molar-refractivity contribution < 1.29 is 23.9 Å². The number of amides is 2. The van der Waals surface area contributed by atoms with Crippen molar-refractivity contribution in [1.29, 1.82) is 0 Å². The molecular weight excluding hydrogens is 360 g/mol. The number of ether oxygens (including phenoxy) is 2. The van der Waals surface area contributed by atoms with Crippen LogP contribution in [0.1, 0.15) is 15.9 Å². The minimum atomic E-state index is -0.663. The van der Waals surface area contributed by atoms with Gasteiger partial charge in [0.1, 0.15) is 5.75 Å². The number of nitrogens with one attached hydrogen (secondary N) is 1. The minimum Gasteiger partial charge on any atom is -0.484 e. The number of carbonyl (C=O) groups is 3. The van der Waals surface area contributed by atoms with Crippen LogP contribution in [0.25, 0.3) is 0 Å². The molecule has 0 aliphatic carbocycles. The van der Waals surface area contributed by atoms with Crippen LogP contribution in [0.2, 0.25) is 5.02 Å². The SMILES string of the molecule is Cc1ccc(NC(=O)COC(=O)c2ccc(OCC(N)=O)cc2)cc1Cl. The molecule has 3 N–H and O–H groups in total. The van der Waals surface area contributed by atoms with Crippen LogP contribution in [0.15, 0.2) is 42.5 Å². The van der Waals surface area contributed by atoms with Crippen molar-refractivity contribution in [3.63, 3.8) is 0 Å². The van der Waals surface area contributed by atoms with E-state index in [0.29, 0.717) is 16.5 Å². The number of esters is 1. The fourth-order valence-corrected chi connectivity index (χ4v) is 2.10. The zero-order valence-corrected chi connectivity index (χ0v) is 14.7. The number of hydrogen-bond acceptors (Lipinski definition) is 5. The summed E-state index contributed by atoms with van der Waals surface area (Å²) in [7, 11) is 0. The van der Waals surface area contributed by atoms with E-state index in [1.807, 2.05) is 6.92 Å². The van der Waals surface area contributed by atoms with E-state index in [-0.39, 0.29) is 12.2 Å². The molecule has 0 aliphatic rings. The number of rotatable bonds is 7. The Morgan fingerprint density at radius 1 is 1.08 bits per heavy atom. The molecular formula is C18H17ClN2O5. The third-order valence-corrected chi connectivity index (χ3v) is 3.67. The average Bonchev–Trinajstić information content (AvgIpc) is 2.61. The molecule has 0 fully saturated rings. The third kappa shape index (κ3) is 5.78. The molecule has 2 rings (SSSR count). The van der Waals surface area contributed by atoms with Gasteiger partial charge in [0.25, 0.3) is 11.8 Å². The van der Waals surface area contributed by atoms with Crippen LogP contribution in [0, 0.1) is 6.92 Å². The smallest absolute Gasteiger partial charge is 0.338 e. The molecule has 2 amide bonds. The van der Waals surface area contributed by atoms with Crippen molar-refractivity contribution in [2.75, 3.05) is 18.5 Å². The van der Waals surface area contributed by atoms with Crippen LogP contribution in [-0.2, 0) is 14.3 Å². The molecule has 2 aromatic rings. The first-order valence-corrected chi connectivity index (χ1v) is 7.97.